The zero-order valence-electron chi connectivity index (χ0n) is 11.2. The van der Waals surface area contributed by atoms with Crippen molar-refractivity contribution in [3.63, 3.8) is 0 Å². The SMILES string of the molecule is O=c1[nH]c2ccc(CCCN3CCCCC3)cc2s1. The van der Waals surface area contributed by atoms with Gasteiger partial charge >= 0.3 is 4.87 Å². The molecule has 2 aromatic rings. The van der Waals surface area contributed by atoms with Crippen LogP contribution in [-0.2, 0) is 6.42 Å². The quantitative estimate of drug-likeness (QED) is 0.932. The van der Waals surface area contributed by atoms with Crippen molar-refractivity contribution in [3.8, 4) is 0 Å². The lowest BCUT2D eigenvalue weighted by molar-refractivity contribution is 0.226. The van der Waals surface area contributed by atoms with E-state index in [4.69, 9.17) is 0 Å². The molecule has 4 heteroatoms. The summed E-state index contributed by atoms with van der Waals surface area (Å²) in [6.07, 6.45) is 6.45. The van der Waals surface area contributed by atoms with Gasteiger partial charge in [-0.1, -0.05) is 23.8 Å². The van der Waals surface area contributed by atoms with Crippen LogP contribution in [-0.4, -0.2) is 29.5 Å². The lowest BCUT2D eigenvalue weighted by Crippen LogP contribution is -2.30. The molecule has 1 saturated heterocycles. The maximum atomic E-state index is 11.3. The molecule has 0 radical (unpaired) electrons. The number of hydrogen-bond donors (Lipinski definition) is 1. The molecule has 3 rings (SSSR count). The molecule has 102 valence electrons. The first-order valence-electron chi connectivity index (χ1n) is 7.15. The lowest BCUT2D eigenvalue weighted by atomic mass is 10.1. The number of fused-ring (bicyclic) bond motifs is 1. The van der Waals surface area contributed by atoms with Gasteiger partial charge in [0.25, 0.3) is 0 Å². The molecule has 1 aromatic carbocycles. The normalized spacial score (nSPS) is 17.1. The van der Waals surface area contributed by atoms with Crippen molar-refractivity contribution in [2.45, 2.75) is 32.1 Å². The topological polar surface area (TPSA) is 36.1 Å². The number of hydrogen-bond acceptors (Lipinski definition) is 3. The van der Waals surface area contributed by atoms with Crippen LogP contribution in [0.15, 0.2) is 23.0 Å². The van der Waals surface area contributed by atoms with Crippen LogP contribution in [0.2, 0.25) is 0 Å². The summed E-state index contributed by atoms with van der Waals surface area (Å²) in [6, 6.07) is 6.33. The van der Waals surface area contributed by atoms with E-state index in [2.05, 4.69) is 22.0 Å². The number of nitrogens with one attached hydrogen (secondary N) is 1. The fourth-order valence-corrected chi connectivity index (χ4v) is 3.64. The molecule has 3 nitrogen and oxygen atoms in total. The third kappa shape index (κ3) is 3.25. The summed E-state index contributed by atoms with van der Waals surface area (Å²) in [5, 5.41) is 0. The van der Waals surface area contributed by atoms with E-state index in [0.717, 1.165) is 16.6 Å². The van der Waals surface area contributed by atoms with Crippen molar-refractivity contribution >= 4 is 21.6 Å². The number of H-pyrrole nitrogens is 1. The highest BCUT2D eigenvalue weighted by Gasteiger charge is 2.09. The molecule has 1 aromatic heterocycles. The molecule has 0 saturated carbocycles. The molecular weight excluding hydrogens is 256 g/mol. The average molecular weight is 276 g/mol. The summed E-state index contributed by atoms with van der Waals surface area (Å²) in [5.41, 5.74) is 2.31. The van der Waals surface area contributed by atoms with E-state index in [1.54, 1.807) is 0 Å². The van der Waals surface area contributed by atoms with Crippen molar-refractivity contribution in [1.29, 1.82) is 0 Å². The molecule has 1 fully saturated rings. The van der Waals surface area contributed by atoms with E-state index in [9.17, 15) is 4.79 Å². The molecule has 0 aliphatic carbocycles. The van der Waals surface area contributed by atoms with Gasteiger partial charge in [-0.25, -0.2) is 0 Å². The molecule has 0 bridgehead atoms. The molecule has 0 unspecified atom stereocenters. The summed E-state index contributed by atoms with van der Waals surface area (Å²) < 4.78 is 1.08. The van der Waals surface area contributed by atoms with Gasteiger partial charge in [0.05, 0.1) is 10.2 Å². The van der Waals surface area contributed by atoms with E-state index in [1.165, 1.54) is 62.2 Å². The minimum atomic E-state index is 0.0421. The first kappa shape index (κ1) is 12.9. The first-order valence-corrected chi connectivity index (χ1v) is 7.97. The predicted molar refractivity (Wildman–Crippen MR) is 81.1 cm³/mol. The predicted octanol–water partition coefficient (Wildman–Crippen LogP) is 3.01. The Hall–Kier alpha value is -1.13. The van der Waals surface area contributed by atoms with Crippen molar-refractivity contribution in [2.75, 3.05) is 19.6 Å². The van der Waals surface area contributed by atoms with Gasteiger partial charge in [-0.3, -0.25) is 4.79 Å². The largest absolute Gasteiger partial charge is 0.312 e. The Morgan fingerprint density at radius 2 is 2.05 bits per heavy atom. The van der Waals surface area contributed by atoms with Gasteiger partial charge in [0.2, 0.25) is 0 Å². The van der Waals surface area contributed by atoms with Gasteiger partial charge in [-0.05, 0) is 63.0 Å². The highest BCUT2D eigenvalue weighted by molar-refractivity contribution is 7.16. The van der Waals surface area contributed by atoms with Crippen LogP contribution in [0.25, 0.3) is 10.2 Å². The second kappa shape index (κ2) is 5.88. The van der Waals surface area contributed by atoms with Crippen LogP contribution in [0.5, 0.6) is 0 Å². The monoisotopic (exact) mass is 276 g/mol. The molecule has 2 heterocycles. The number of likely N-dealkylation sites (tertiary alicyclic amines) is 1. The second-order valence-corrected chi connectivity index (χ2v) is 6.37. The summed E-state index contributed by atoms with van der Waals surface area (Å²) in [7, 11) is 0. The van der Waals surface area contributed by atoms with E-state index >= 15 is 0 Å². The zero-order chi connectivity index (χ0) is 13.1. The number of benzene rings is 1. The third-order valence-corrected chi connectivity index (χ3v) is 4.72. The fraction of sp³-hybridized carbons (Fsp3) is 0.533. The number of aromatic nitrogens is 1. The number of thiazole rings is 1. The molecule has 0 spiro atoms. The van der Waals surface area contributed by atoms with Crippen molar-refractivity contribution in [3.05, 3.63) is 33.4 Å². The molecular formula is C15H20N2OS. The van der Waals surface area contributed by atoms with E-state index < -0.39 is 0 Å². The van der Waals surface area contributed by atoms with Gasteiger partial charge < -0.3 is 9.88 Å². The van der Waals surface area contributed by atoms with E-state index in [1.807, 2.05) is 6.07 Å². The van der Waals surface area contributed by atoms with Crippen LogP contribution in [0.1, 0.15) is 31.2 Å². The van der Waals surface area contributed by atoms with Gasteiger partial charge in [-0.15, -0.1) is 0 Å². The van der Waals surface area contributed by atoms with Gasteiger partial charge in [0, 0.05) is 0 Å². The molecule has 1 N–H and O–H groups in total. The van der Waals surface area contributed by atoms with Crippen LogP contribution in [0.4, 0.5) is 0 Å². The maximum absolute atomic E-state index is 11.3. The summed E-state index contributed by atoms with van der Waals surface area (Å²) in [4.78, 5) is 16.7. The Bertz CT molecular complexity index is 595. The Balaban J connectivity index is 1.57. The highest BCUT2D eigenvalue weighted by Crippen LogP contribution is 2.17. The fourth-order valence-electron chi connectivity index (χ4n) is 2.84. The van der Waals surface area contributed by atoms with Crippen LogP contribution < -0.4 is 4.87 Å². The Morgan fingerprint density at radius 1 is 1.21 bits per heavy atom. The zero-order valence-corrected chi connectivity index (χ0v) is 12.0. The summed E-state index contributed by atoms with van der Waals surface area (Å²) in [5.74, 6) is 0. The van der Waals surface area contributed by atoms with E-state index in [0.29, 0.717) is 0 Å². The van der Waals surface area contributed by atoms with Crippen molar-refractivity contribution in [2.24, 2.45) is 0 Å². The smallest absolute Gasteiger partial charge is 0.305 e. The Labute approximate surface area is 117 Å². The minimum absolute atomic E-state index is 0.0421. The van der Waals surface area contributed by atoms with Crippen LogP contribution in [0.3, 0.4) is 0 Å². The average Bonchev–Trinajstić information content (AvgIpc) is 2.79. The summed E-state index contributed by atoms with van der Waals surface area (Å²) >= 11 is 1.31. The number of piperidine rings is 1. The minimum Gasteiger partial charge on any atom is -0.312 e. The van der Waals surface area contributed by atoms with Gasteiger partial charge in [-0.2, -0.15) is 0 Å². The lowest BCUT2D eigenvalue weighted by Gasteiger charge is -2.26. The maximum Gasteiger partial charge on any atom is 0.305 e. The molecule has 0 amide bonds. The van der Waals surface area contributed by atoms with Crippen LogP contribution in [0, 0.1) is 0 Å². The molecule has 1 aliphatic rings. The Kier molecular flexibility index (Phi) is 3.99. The molecule has 1 aliphatic heterocycles. The van der Waals surface area contributed by atoms with E-state index in [-0.39, 0.29) is 4.87 Å². The number of rotatable bonds is 4. The second-order valence-electron chi connectivity index (χ2n) is 5.35. The van der Waals surface area contributed by atoms with Crippen LogP contribution >= 0.6 is 11.3 Å². The number of nitrogens with zero attached hydrogens (tertiary/aromatic N) is 1. The van der Waals surface area contributed by atoms with Gasteiger partial charge in [0.15, 0.2) is 0 Å². The highest BCUT2D eigenvalue weighted by atomic mass is 32.1. The third-order valence-electron chi connectivity index (χ3n) is 3.87. The standard InChI is InChI=1S/C15H20N2OS/c18-15-16-13-7-6-12(11-14(13)19-15)5-4-10-17-8-2-1-3-9-17/h6-7,11H,1-5,8-10H2,(H,16,18). The number of aryl methyl sites for hydroxylation is 1. The van der Waals surface area contributed by atoms with Crippen molar-refractivity contribution in [1.82, 2.24) is 9.88 Å². The van der Waals surface area contributed by atoms with Gasteiger partial charge in [0.1, 0.15) is 0 Å². The molecule has 19 heavy (non-hydrogen) atoms. The van der Waals surface area contributed by atoms with Crippen molar-refractivity contribution < 1.29 is 0 Å². The first-order chi connectivity index (χ1) is 9.31. The number of aromatic amines is 1. The summed E-state index contributed by atoms with van der Waals surface area (Å²) in [6.45, 7) is 3.76. The Morgan fingerprint density at radius 3 is 2.89 bits per heavy atom. The molecule has 0 atom stereocenters.